The minimum absolute atomic E-state index is 1.20. The zero-order valence-corrected chi connectivity index (χ0v) is 7.28. The van der Waals surface area contributed by atoms with Gasteiger partial charge in [-0.1, -0.05) is 0 Å². The summed E-state index contributed by atoms with van der Waals surface area (Å²) in [7, 11) is 12.0. The topological polar surface area (TPSA) is 0 Å². The predicted octanol–water partition coefficient (Wildman–Crippen LogP) is 2.25. The van der Waals surface area contributed by atoms with E-state index in [1.165, 1.54) is 8.58 Å². The third kappa shape index (κ3) is 5.50. The molecule has 0 aromatic rings. The summed E-state index contributed by atoms with van der Waals surface area (Å²) in [5.74, 6) is 0. The molecule has 0 aliphatic carbocycles. The Morgan fingerprint density at radius 2 is 2.17 bits per heavy atom. The maximum absolute atomic E-state index is 5.42. The molecule has 0 spiro atoms. The third-order valence-electron chi connectivity index (χ3n) is 0.160. The van der Waals surface area contributed by atoms with E-state index in [0.717, 1.165) is 0 Å². The van der Waals surface area contributed by atoms with Gasteiger partial charge in [0, 0.05) is 0 Å². The van der Waals surface area contributed by atoms with Gasteiger partial charge in [0.2, 0.25) is 0 Å². The second kappa shape index (κ2) is 4.66. The second-order valence-corrected chi connectivity index (χ2v) is 7.82. The summed E-state index contributed by atoms with van der Waals surface area (Å²) in [5.41, 5.74) is 0. The van der Waals surface area contributed by atoms with Crippen molar-refractivity contribution < 1.29 is 13.5 Å². The van der Waals surface area contributed by atoms with Crippen LogP contribution in [-0.4, -0.2) is 11.0 Å². The Kier molecular flexibility index (Phi) is 5.82. The van der Waals surface area contributed by atoms with Crippen LogP contribution in [0, 0.1) is 0 Å². The van der Waals surface area contributed by atoms with E-state index in [9.17, 15) is 0 Å². The van der Waals surface area contributed by atoms with Crippen LogP contribution in [0.3, 0.4) is 0 Å². The average Bonchev–Trinajstić information content (AvgIpc) is 1.35. The molecule has 6 heavy (non-hydrogen) atoms. The van der Waals surface area contributed by atoms with Gasteiger partial charge in [-0.2, -0.15) is 0 Å². The Bertz CT molecular complexity index is 58.6. The van der Waals surface area contributed by atoms with Gasteiger partial charge in [0.05, 0.1) is 0 Å². The van der Waals surface area contributed by atoms with E-state index in [1.807, 2.05) is 11.0 Å². The molecule has 0 aromatic carbocycles. The summed E-state index contributed by atoms with van der Waals surface area (Å²) in [4.78, 5) is 0. The molecular weight excluding hydrogens is 227 g/mol. The summed E-state index contributed by atoms with van der Waals surface area (Å²) in [5, 5.41) is 0. The van der Waals surface area contributed by atoms with Crippen molar-refractivity contribution in [3.63, 3.8) is 0 Å². The van der Waals surface area contributed by atoms with Crippen molar-refractivity contribution in [2.24, 2.45) is 0 Å². The molecule has 0 aromatic heterocycles. The van der Waals surface area contributed by atoms with E-state index in [-0.39, 0.29) is 0 Å². The van der Waals surface area contributed by atoms with Crippen molar-refractivity contribution >= 4 is 32.3 Å². The van der Waals surface area contributed by atoms with Crippen molar-refractivity contribution in [3.05, 3.63) is 0 Å². The summed E-state index contributed by atoms with van der Waals surface area (Å²) >= 11 is -1.40. The molecule has 0 saturated heterocycles. The summed E-state index contributed by atoms with van der Waals surface area (Å²) in [6, 6.07) is 0. The van der Waals surface area contributed by atoms with Crippen LogP contribution in [0.4, 0.5) is 0 Å². The van der Waals surface area contributed by atoms with Crippen LogP contribution in [0.1, 0.15) is 0 Å². The van der Waals surface area contributed by atoms with Gasteiger partial charge in [-0.15, -0.1) is 0 Å². The molecule has 0 heterocycles. The number of halogens is 2. The molecular formula is C2H4Cl2PRu-. The summed E-state index contributed by atoms with van der Waals surface area (Å²) in [6.07, 6.45) is 0. The monoisotopic (exact) mass is 231 g/mol. The minimum atomic E-state index is -1.40. The molecule has 0 fully saturated rings. The fourth-order valence-corrected chi connectivity index (χ4v) is 3.67. The predicted molar refractivity (Wildman–Crippen MR) is 30.6 cm³/mol. The van der Waals surface area contributed by atoms with Gasteiger partial charge < -0.3 is 0 Å². The molecule has 40 valence electrons. The molecule has 0 aliphatic heterocycles. The van der Waals surface area contributed by atoms with E-state index in [0.29, 0.717) is 0 Å². The Hall–Kier alpha value is 1.50. The van der Waals surface area contributed by atoms with Crippen LogP contribution in [0.2, 0.25) is 0 Å². The normalized spacial score (nSPS) is 12.8. The Balaban J connectivity index is 3.14. The van der Waals surface area contributed by atoms with Crippen LogP contribution >= 0.6 is 28.0 Å². The molecule has 0 rings (SSSR count). The van der Waals surface area contributed by atoms with Gasteiger partial charge in [0.1, 0.15) is 0 Å². The zero-order chi connectivity index (χ0) is 4.99. The van der Waals surface area contributed by atoms with Crippen LogP contribution in [-0.2, 0) is 13.5 Å². The van der Waals surface area contributed by atoms with Gasteiger partial charge in [-0.3, -0.25) is 0 Å². The average molecular weight is 231 g/mol. The summed E-state index contributed by atoms with van der Waals surface area (Å²) < 4.78 is 1.94. The van der Waals surface area contributed by atoms with Gasteiger partial charge in [-0.25, -0.2) is 0 Å². The van der Waals surface area contributed by atoms with Crippen molar-refractivity contribution in [1.29, 1.82) is 0 Å². The van der Waals surface area contributed by atoms with E-state index in [2.05, 4.69) is 0 Å². The van der Waals surface area contributed by atoms with Crippen molar-refractivity contribution in [2.45, 2.75) is 0 Å². The number of rotatable bonds is 1. The number of hydrogen-bond acceptors (Lipinski definition) is 0. The third-order valence-corrected chi connectivity index (χ3v) is 5.29. The first-order valence-electron chi connectivity index (χ1n) is 1.18. The van der Waals surface area contributed by atoms with E-state index in [4.69, 9.17) is 19.4 Å². The molecule has 0 aliphatic rings. The molecule has 0 nitrogen and oxygen atoms in total. The molecule has 0 saturated carbocycles. The first kappa shape index (κ1) is 7.50. The van der Waals surface area contributed by atoms with Gasteiger partial charge in [0.15, 0.2) is 0 Å². The zero-order valence-electron chi connectivity index (χ0n) is 3.13. The Morgan fingerprint density at radius 1 is 1.67 bits per heavy atom. The standard InChI is InChI=1S/C2H4P.2ClH.Ru/c1-3-2;;;/h1H,2H3;2*1H;/q-1;;;+2/p-2. The molecule has 0 atom stereocenters. The Morgan fingerprint density at radius 3 is 2.17 bits per heavy atom. The Labute approximate surface area is 52.5 Å². The first-order chi connectivity index (χ1) is 2.77. The maximum atomic E-state index is 5.42. The van der Waals surface area contributed by atoms with E-state index in [1.54, 1.807) is 0 Å². The quantitative estimate of drug-likeness (QED) is 0.479. The molecule has 0 unspecified atom stereocenters. The van der Waals surface area contributed by atoms with E-state index < -0.39 is 13.5 Å². The van der Waals surface area contributed by atoms with Crippen LogP contribution < -0.4 is 0 Å². The molecule has 4 heteroatoms. The van der Waals surface area contributed by atoms with Crippen LogP contribution in [0.5, 0.6) is 0 Å². The molecule has 0 amide bonds. The summed E-state index contributed by atoms with van der Waals surface area (Å²) in [6.45, 7) is 2.01. The first-order valence-corrected chi connectivity index (χ1v) is 8.07. The van der Waals surface area contributed by atoms with E-state index >= 15 is 0 Å². The number of hydrogen-bond donors (Lipinski definition) is 0. The SMILES string of the molecule is C[P-][CH]=[Ru]([Cl])[Cl]. The van der Waals surface area contributed by atoms with Crippen LogP contribution in [0.15, 0.2) is 0 Å². The molecule has 0 N–H and O–H groups in total. The second-order valence-electron chi connectivity index (χ2n) is 0.554. The van der Waals surface area contributed by atoms with Crippen molar-refractivity contribution in [1.82, 2.24) is 0 Å². The van der Waals surface area contributed by atoms with Crippen LogP contribution in [0.25, 0.3) is 0 Å². The fourth-order valence-electron chi connectivity index (χ4n) is 0.0690. The van der Waals surface area contributed by atoms with Crippen molar-refractivity contribution in [2.75, 3.05) is 6.66 Å². The van der Waals surface area contributed by atoms with Crippen molar-refractivity contribution in [3.8, 4) is 0 Å². The van der Waals surface area contributed by atoms with Gasteiger partial charge in [0.25, 0.3) is 0 Å². The molecule has 0 bridgehead atoms. The fraction of sp³-hybridized carbons (Fsp3) is 0.500. The van der Waals surface area contributed by atoms with Gasteiger partial charge in [-0.05, 0) is 0 Å². The van der Waals surface area contributed by atoms with Gasteiger partial charge >= 0.3 is 52.5 Å². The molecule has 0 radical (unpaired) electrons.